The van der Waals surface area contributed by atoms with E-state index in [9.17, 15) is 0 Å². The predicted octanol–water partition coefficient (Wildman–Crippen LogP) is 13.7. The molecule has 53 heavy (non-hydrogen) atoms. The Bertz CT molecular complexity index is 2870. The quantitative estimate of drug-likeness (QED) is 0.188. The van der Waals surface area contributed by atoms with E-state index in [1.807, 2.05) is 0 Å². The van der Waals surface area contributed by atoms with Crippen LogP contribution >= 0.6 is 0 Å². The largest absolute Gasteiger partial charge is 0.362 e. The molecule has 250 valence electrons. The average Bonchev–Trinajstić information content (AvgIpc) is 3.32. The Balaban J connectivity index is 1.13. The Labute approximate surface area is 309 Å². The number of benzene rings is 8. The summed E-state index contributed by atoms with van der Waals surface area (Å²) in [5.74, 6) is 0. The van der Waals surface area contributed by atoms with Gasteiger partial charge < -0.3 is 5.32 Å². The van der Waals surface area contributed by atoms with E-state index in [1.165, 1.54) is 77.0 Å². The lowest BCUT2D eigenvalue weighted by molar-refractivity contribution is 1.00. The molecule has 1 aromatic heterocycles. The molecular weight excluding hydrogens is 641 g/mol. The molecule has 8 aromatic carbocycles. The molecule has 0 spiro atoms. The summed E-state index contributed by atoms with van der Waals surface area (Å²) in [6.07, 6.45) is 6.31. The van der Waals surface area contributed by atoms with Crippen molar-refractivity contribution in [3.63, 3.8) is 0 Å². The van der Waals surface area contributed by atoms with E-state index in [1.54, 1.807) is 0 Å². The molecule has 10 rings (SSSR count). The van der Waals surface area contributed by atoms with Crippen LogP contribution in [0.3, 0.4) is 0 Å². The van der Waals surface area contributed by atoms with Crippen molar-refractivity contribution in [2.45, 2.75) is 12.8 Å². The van der Waals surface area contributed by atoms with Crippen molar-refractivity contribution < 1.29 is 0 Å². The molecule has 9 aromatic rings. The van der Waals surface area contributed by atoms with E-state index in [-0.39, 0.29) is 0 Å². The molecule has 1 aliphatic rings. The van der Waals surface area contributed by atoms with Crippen LogP contribution in [0.25, 0.3) is 88.2 Å². The van der Waals surface area contributed by atoms with Gasteiger partial charge in [0.05, 0.1) is 11.2 Å². The molecule has 0 saturated carbocycles. The summed E-state index contributed by atoms with van der Waals surface area (Å²) >= 11 is 0. The maximum Gasteiger partial charge on any atom is 0.0722 e. The van der Waals surface area contributed by atoms with Crippen LogP contribution in [0, 0.1) is 0 Å². The first-order valence-electron chi connectivity index (χ1n) is 18.4. The van der Waals surface area contributed by atoms with Crippen molar-refractivity contribution >= 4 is 38.1 Å². The van der Waals surface area contributed by atoms with Crippen LogP contribution in [-0.2, 0) is 6.42 Å². The molecule has 1 N–H and O–H groups in total. The van der Waals surface area contributed by atoms with Gasteiger partial charge in [-0.2, -0.15) is 0 Å². The zero-order chi connectivity index (χ0) is 35.1. The minimum Gasteiger partial charge on any atom is -0.362 e. The van der Waals surface area contributed by atoms with Gasteiger partial charge in [0, 0.05) is 22.2 Å². The number of hydrogen-bond acceptors (Lipinski definition) is 2. The highest BCUT2D eigenvalue weighted by Gasteiger charge is 2.17. The monoisotopic (exact) mass is 676 g/mol. The van der Waals surface area contributed by atoms with Gasteiger partial charge in [-0.1, -0.05) is 152 Å². The van der Waals surface area contributed by atoms with Crippen molar-refractivity contribution in [2.75, 3.05) is 5.32 Å². The lowest BCUT2D eigenvalue weighted by Gasteiger charge is -2.17. The van der Waals surface area contributed by atoms with E-state index in [0.717, 1.165) is 35.3 Å². The third-order valence-corrected chi connectivity index (χ3v) is 10.8. The Morgan fingerprint density at radius 1 is 0.434 bits per heavy atom. The molecule has 2 heterocycles. The molecule has 2 heteroatoms. The SMILES string of the molecule is C1=C\Nc2ccccc2-c2cc(-c3ccc(-c4cccc(-c5cc(-c6ccccc6)nc6ccc7ccccc7c56)c4)c4ccccc34)ccc2CC/1. The van der Waals surface area contributed by atoms with Gasteiger partial charge in [-0.3, -0.25) is 0 Å². The Kier molecular flexibility index (Phi) is 7.66. The number of aryl methyl sites for hydroxylation is 1. The van der Waals surface area contributed by atoms with Crippen molar-refractivity contribution in [3.8, 4) is 55.8 Å². The summed E-state index contributed by atoms with van der Waals surface area (Å²) in [6, 6.07) is 64.0. The predicted molar refractivity (Wildman–Crippen MR) is 225 cm³/mol. The molecular formula is C51H36N2. The van der Waals surface area contributed by atoms with Gasteiger partial charge in [0.15, 0.2) is 0 Å². The van der Waals surface area contributed by atoms with Crippen LogP contribution in [0.1, 0.15) is 12.0 Å². The topological polar surface area (TPSA) is 24.9 Å². The van der Waals surface area contributed by atoms with E-state index in [4.69, 9.17) is 4.98 Å². The van der Waals surface area contributed by atoms with Crippen molar-refractivity contribution in [2.24, 2.45) is 0 Å². The molecule has 0 fully saturated rings. The molecule has 1 aliphatic heterocycles. The number of pyridine rings is 1. The number of para-hydroxylation sites is 1. The zero-order valence-corrected chi connectivity index (χ0v) is 29.3. The zero-order valence-electron chi connectivity index (χ0n) is 29.3. The Morgan fingerprint density at radius 3 is 1.94 bits per heavy atom. The van der Waals surface area contributed by atoms with Crippen LogP contribution in [0.2, 0.25) is 0 Å². The van der Waals surface area contributed by atoms with Gasteiger partial charge in [0.2, 0.25) is 0 Å². The molecule has 0 radical (unpaired) electrons. The molecule has 0 saturated heterocycles. The van der Waals surface area contributed by atoms with Gasteiger partial charge in [0.1, 0.15) is 0 Å². The fourth-order valence-corrected chi connectivity index (χ4v) is 8.18. The first kappa shape index (κ1) is 31.0. The summed E-state index contributed by atoms with van der Waals surface area (Å²) in [5.41, 5.74) is 15.4. The second-order valence-electron chi connectivity index (χ2n) is 13.9. The fourth-order valence-electron chi connectivity index (χ4n) is 8.18. The lowest BCUT2D eigenvalue weighted by atomic mass is 9.88. The summed E-state index contributed by atoms with van der Waals surface area (Å²) in [5, 5.41) is 9.63. The molecule has 0 unspecified atom stereocenters. The first-order valence-corrected chi connectivity index (χ1v) is 18.4. The summed E-state index contributed by atoms with van der Waals surface area (Å²) < 4.78 is 0. The summed E-state index contributed by atoms with van der Waals surface area (Å²) in [4.78, 5) is 5.19. The Hall–Kier alpha value is -6.77. The van der Waals surface area contributed by atoms with Gasteiger partial charge in [0.25, 0.3) is 0 Å². The second-order valence-corrected chi connectivity index (χ2v) is 13.9. The smallest absolute Gasteiger partial charge is 0.0722 e. The van der Waals surface area contributed by atoms with Crippen LogP contribution in [0.4, 0.5) is 5.69 Å². The highest BCUT2D eigenvalue weighted by atomic mass is 14.8. The lowest BCUT2D eigenvalue weighted by Crippen LogP contribution is -1.94. The number of anilines is 1. The van der Waals surface area contributed by atoms with Gasteiger partial charge in [-0.05, 0) is 115 Å². The number of aromatic nitrogens is 1. The van der Waals surface area contributed by atoms with Crippen LogP contribution < -0.4 is 5.32 Å². The minimum atomic E-state index is 0.977. The highest BCUT2D eigenvalue weighted by molar-refractivity contribution is 6.14. The maximum absolute atomic E-state index is 5.19. The van der Waals surface area contributed by atoms with Crippen molar-refractivity contribution in [1.29, 1.82) is 0 Å². The molecule has 0 atom stereocenters. The van der Waals surface area contributed by atoms with E-state index < -0.39 is 0 Å². The number of hydrogen-bond donors (Lipinski definition) is 1. The van der Waals surface area contributed by atoms with Crippen molar-refractivity contribution in [1.82, 2.24) is 4.98 Å². The number of nitrogens with zero attached hydrogens (tertiary/aromatic N) is 1. The number of fused-ring (bicyclic) bond motifs is 7. The maximum atomic E-state index is 5.19. The molecule has 2 nitrogen and oxygen atoms in total. The third kappa shape index (κ3) is 5.57. The molecule has 0 amide bonds. The normalized spacial score (nSPS) is 13.1. The minimum absolute atomic E-state index is 0.977. The molecule has 0 bridgehead atoms. The summed E-state index contributed by atoms with van der Waals surface area (Å²) in [6.45, 7) is 0. The van der Waals surface area contributed by atoms with Gasteiger partial charge in [-0.25, -0.2) is 4.98 Å². The first-order chi connectivity index (χ1) is 26.3. The van der Waals surface area contributed by atoms with Crippen molar-refractivity contribution in [3.05, 3.63) is 194 Å². The Morgan fingerprint density at radius 2 is 1.11 bits per heavy atom. The van der Waals surface area contributed by atoms with E-state index in [0.29, 0.717) is 0 Å². The van der Waals surface area contributed by atoms with Gasteiger partial charge >= 0.3 is 0 Å². The van der Waals surface area contributed by atoms with Crippen LogP contribution in [0.5, 0.6) is 0 Å². The summed E-state index contributed by atoms with van der Waals surface area (Å²) in [7, 11) is 0. The van der Waals surface area contributed by atoms with Crippen LogP contribution in [-0.4, -0.2) is 4.98 Å². The number of rotatable bonds is 4. The highest BCUT2D eigenvalue weighted by Crippen LogP contribution is 2.42. The standard InChI is InChI=1S/C51H36N2/c1-2-15-36(16-3-1)50-33-47(51-42-19-5-4-13-34(42)26-29-49(51)53-50)38-18-12-17-37(31-38)40-27-28-41(44-21-7-6-20-43(40)44)39-25-24-35-14-10-11-30-52-48-23-9-8-22-45(48)46(35)32-39/h1-9,11-13,15-33,52H,10,14H2/b30-11-. The van der Waals surface area contributed by atoms with Gasteiger partial charge in [-0.15, -0.1) is 0 Å². The van der Waals surface area contributed by atoms with E-state index >= 15 is 0 Å². The fraction of sp³-hybridized carbons (Fsp3) is 0.0392. The van der Waals surface area contributed by atoms with Crippen LogP contribution in [0.15, 0.2) is 188 Å². The average molecular weight is 677 g/mol. The number of allylic oxidation sites excluding steroid dienone is 1. The second kappa shape index (κ2) is 13.1. The van der Waals surface area contributed by atoms with E-state index in [2.05, 4.69) is 194 Å². The third-order valence-electron chi connectivity index (χ3n) is 10.8. The number of nitrogens with one attached hydrogen (secondary N) is 1. The molecule has 0 aliphatic carbocycles.